The van der Waals surface area contributed by atoms with Gasteiger partial charge in [-0.25, -0.2) is 9.97 Å². The number of nitrogens with one attached hydrogen (secondary N) is 3. The van der Waals surface area contributed by atoms with E-state index in [1.54, 1.807) is 12.1 Å². The highest BCUT2D eigenvalue weighted by Crippen LogP contribution is 2.37. The van der Waals surface area contributed by atoms with Crippen LogP contribution in [0.1, 0.15) is 70.0 Å². The minimum atomic E-state index is -0.631. The monoisotopic (exact) mass is 1080 g/mol. The van der Waals surface area contributed by atoms with E-state index in [-0.39, 0.29) is 60.7 Å². The van der Waals surface area contributed by atoms with E-state index in [0.717, 1.165) is 124 Å². The SMILES string of the molecule is CC1CCCN1.CC1CCCN1c1ccc(C(=O)c2sc(Nc3ccc(N4CCN(C)CC4)cc3)nc2N)cc1[N+](=O)[O-].CN1CCN(c2ccc(Nc3nc(N)c(C(=O)c4ccc(Cl)c([N+](=O)[O-])c4)s3)cc2)CC1. The van der Waals surface area contributed by atoms with Crippen molar-refractivity contribution in [3.8, 4) is 0 Å². The van der Waals surface area contributed by atoms with Crippen LogP contribution in [-0.4, -0.2) is 133 Å². The standard InChI is InChI=1S/C26H31N7O3S.C21H21ClN6O3S.C5H11N/c1-17-4-3-11-32(17)21-10-5-18(16-22(21)33(35)36)23(34)24-25(27)29-26(37-24)28-19-6-8-20(9-7-19)31-14-12-30(2)13-15-31;1-26-8-10-27(11-9-26)15-5-3-14(4-6-15)24-21-25-20(23)19(32-21)18(29)13-2-7-16(22)17(12-13)28(30)31;1-5-3-2-4-6-5/h5-10,16-17H,3-4,11-15,27H2,1-2H3,(H,28,29);2-7,12H,8-11,23H2,1H3,(H,24,25);5-6H,2-4H2,1H3. The highest BCUT2D eigenvalue weighted by Gasteiger charge is 2.30. The van der Waals surface area contributed by atoms with Crippen molar-refractivity contribution < 1.29 is 19.4 Å². The third-order valence-electron chi connectivity index (χ3n) is 13.7. The molecule has 0 spiro atoms. The number of hydrogen-bond acceptors (Lipinski definition) is 20. The Morgan fingerprint density at radius 2 is 1.12 bits per heavy atom. The number of rotatable bonds is 13. The lowest BCUT2D eigenvalue weighted by atomic mass is 10.1. The van der Waals surface area contributed by atoms with Gasteiger partial charge in [-0.05, 0) is 133 Å². The maximum atomic E-state index is 13.3. The molecule has 4 aliphatic heterocycles. The molecule has 2 atom stereocenters. The van der Waals surface area contributed by atoms with Gasteiger partial charge in [-0.2, -0.15) is 0 Å². The number of nitro groups is 2. The lowest BCUT2D eigenvalue weighted by molar-refractivity contribution is -0.384. The van der Waals surface area contributed by atoms with E-state index >= 15 is 0 Å². The summed E-state index contributed by atoms with van der Waals surface area (Å²) in [6.07, 6.45) is 4.73. The molecule has 0 radical (unpaired) electrons. The number of nitrogens with zero attached hydrogens (tertiary/aromatic N) is 9. The Morgan fingerprint density at radius 1 is 0.653 bits per heavy atom. The number of nitrogens with two attached hydrogens (primary N) is 2. The fourth-order valence-corrected chi connectivity index (χ4v) is 11.2. The van der Waals surface area contributed by atoms with Gasteiger partial charge in [-0.1, -0.05) is 34.3 Å². The second kappa shape index (κ2) is 24.6. The molecule has 10 rings (SSSR count). The van der Waals surface area contributed by atoms with Crippen LogP contribution in [0.5, 0.6) is 0 Å². The topological polar surface area (TPSA) is 251 Å². The number of anilines is 9. The lowest BCUT2D eigenvalue weighted by Gasteiger charge is -2.34. The Kier molecular flexibility index (Phi) is 17.8. The van der Waals surface area contributed by atoms with E-state index in [2.05, 4.69) is 85.6 Å². The first-order valence-corrected chi connectivity index (χ1v) is 27.0. The molecule has 0 saturated carbocycles. The second-order valence-corrected chi connectivity index (χ2v) is 21.5. The average molecular weight is 1080 g/mol. The molecule has 6 heterocycles. The summed E-state index contributed by atoms with van der Waals surface area (Å²) in [5.74, 6) is -0.656. The molecule has 4 aromatic carbocycles. The van der Waals surface area contributed by atoms with Crippen LogP contribution >= 0.6 is 34.3 Å². The van der Waals surface area contributed by atoms with Gasteiger partial charge < -0.3 is 51.9 Å². The van der Waals surface area contributed by atoms with Crippen molar-refractivity contribution in [2.24, 2.45) is 0 Å². The number of carbonyl (C=O) groups is 2. The molecule has 20 nitrogen and oxygen atoms in total. The molecule has 4 fully saturated rings. The van der Waals surface area contributed by atoms with Gasteiger partial charge >= 0.3 is 0 Å². The van der Waals surface area contributed by atoms with Gasteiger partial charge in [-0.3, -0.25) is 29.8 Å². The maximum absolute atomic E-state index is 13.3. The molecule has 2 unspecified atom stereocenters. The number of ketones is 2. The highest BCUT2D eigenvalue weighted by molar-refractivity contribution is 7.18. The first kappa shape index (κ1) is 54.3. The normalized spacial score (nSPS) is 17.9. The van der Waals surface area contributed by atoms with Crippen LogP contribution in [0, 0.1) is 20.2 Å². The molecular formula is C52H63ClN14O6S2. The molecule has 0 bridgehead atoms. The zero-order chi connectivity index (χ0) is 53.3. The van der Waals surface area contributed by atoms with Gasteiger partial charge in [0.25, 0.3) is 11.4 Å². The summed E-state index contributed by atoms with van der Waals surface area (Å²) in [5, 5.41) is 33.6. The van der Waals surface area contributed by atoms with E-state index in [1.165, 1.54) is 43.3 Å². The van der Waals surface area contributed by atoms with Crippen molar-refractivity contribution in [1.29, 1.82) is 0 Å². The number of thiazole rings is 2. The Balaban J connectivity index is 0.000000180. The first-order valence-electron chi connectivity index (χ1n) is 25.0. The Hall–Kier alpha value is -6.95. The summed E-state index contributed by atoms with van der Waals surface area (Å²) in [5.41, 5.74) is 16.5. The van der Waals surface area contributed by atoms with Gasteiger partial charge in [-0.15, -0.1) is 0 Å². The number of carbonyl (C=O) groups excluding carboxylic acids is 2. The number of halogens is 1. The third kappa shape index (κ3) is 13.7. The summed E-state index contributed by atoms with van der Waals surface area (Å²) in [4.78, 5) is 68.4. The van der Waals surface area contributed by atoms with E-state index in [1.807, 2.05) is 41.3 Å². The van der Waals surface area contributed by atoms with Crippen LogP contribution in [0.25, 0.3) is 0 Å². The maximum Gasteiger partial charge on any atom is 0.293 e. The van der Waals surface area contributed by atoms with Crippen LogP contribution in [0.3, 0.4) is 0 Å². The van der Waals surface area contributed by atoms with Gasteiger partial charge in [0.2, 0.25) is 11.6 Å². The van der Waals surface area contributed by atoms with Crippen LogP contribution in [-0.2, 0) is 0 Å². The molecule has 4 aliphatic rings. The molecule has 2 aromatic heterocycles. The predicted octanol–water partition coefficient (Wildman–Crippen LogP) is 9.12. The summed E-state index contributed by atoms with van der Waals surface area (Å²) in [6.45, 7) is 14.4. The summed E-state index contributed by atoms with van der Waals surface area (Å²) >= 11 is 8.07. The van der Waals surface area contributed by atoms with Crippen molar-refractivity contribution in [3.63, 3.8) is 0 Å². The first-order chi connectivity index (χ1) is 36.0. The number of likely N-dealkylation sites (N-methyl/N-ethyl adjacent to an activating group) is 2. The van der Waals surface area contributed by atoms with Crippen LogP contribution in [0.15, 0.2) is 84.9 Å². The van der Waals surface area contributed by atoms with Gasteiger partial charge in [0, 0.05) is 117 Å². The van der Waals surface area contributed by atoms with E-state index in [0.29, 0.717) is 16.0 Å². The van der Waals surface area contributed by atoms with Crippen molar-refractivity contribution in [2.45, 2.75) is 51.6 Å². The number of hydrogen-bond donors (Lipinski definition) is 5. The Labute approximate surface area is 449 Å². The summed E-state index contributed by atoms with van der Waals surface area (Å²) in [6, 6.07) is 25.7. The number of benzene rings is 4. The molecule has 7 N–H and O–H groups in total. The van der Waals surface area contributed by atoms with Gasteiger partial charge in [0.15, 0.2) is 10.3 Å². The molecule has 23 heteroatoms. The fraction of sp³-hybridized carbons (Fsp3) is 0.385. The lowest BCUT2D eigenvalue weighted by Crippen LogP contribution is -2.44. The molecule has 6 aromatic rings. The number of aromatic nitrogens is 2. The zero-order valence-electron chi connectivity index (χ0n) is 42.5. The molecular weight excluding hydrogens is 1020 g/mol. The number of nitrogen functional groups attached to an aromatic ring is 2. The number of piperazine rings is 2. The average Bonchev–Trinajstić information content (AvgIpc) is 4.23. The van der Waals surface area contributed by atoms with Crippen LogP contribution in [0.4, 0.5) is 61.7 Å². The largest absolute Gasteiger partial charge is 0.382 e. The highest BCUT2D eigenvalue weighted by atomic mass is 35.5. The van der Waals surface area contributed by atoms with Crippen LogP contribution < -0.4 is 42.1 Å². The van der Waals surface area contributed by atoms with E-state index in [9.17, 15) is 29.8 Å². The van der Waals surface area contributed by atoms with Crippen LogP contribution in [0.2, 0.25) is 5.02 Å². The molecule has 0 aliphatic carbocycles. The van der Waals surface area contributed by atoms with Crippen molar-refractivity contribution in [1.82, 2.24) is 25.1 Å². The smallest absolute Gasteiger partial charge is 0.293 e. The van der Waals surface area contributed by atoms with E-state index < -0.39 is 15.6 Å². The zero-order valence-corrected chi connectivity index (χ0v) is 44.8. The Bertz CT molecular complexity index is 2970. The van der Waals surface area contributed by atoms with Gasteiger partial charge in [0.1, 0.15) is 32.1 Å². The van der Waals surface area contributed by atoms with Crippen molar-refractivity contribution >= 4 is 108 Å². The molecule has 75 heavy (non-hydrogen) atoms. The van der Waals surface area contributed by atoms with Gasteiger partial charge in [0.05, 0.1) is 9.85 Å². The summed E-state index contributed by atoms with van der Waals surface area (Å²) in [7, 11) is 4.26. The predicted molar refractivity (Wildman–Crippen MR) is 303 cm³/mol. The number of nitro benzene ring substituents is 2. The minimum Gasteiger partial charge on any atom is -0.382 e. The summed E-state index contributed by atoms with van der Waals surface area (Å²) < 4.78 is 0. The minimum absolute atomic E-state index is 0.0359. The van der Waals surface area contributed by atoms with E-state index in [4.69, 9.17) is 23.1 Å². The fourth-order valence-electron chi connectivity index (χ4n) is 9.24. The molecule has 396 valence electrons. The Morgan fingerprint density at radius 3 is 1.52 bits per heavy atom. The molecule has 4 saturated heterocycles. The quantitative estimate of drug-likeness (QED) is 0.0411. The van der Waals surface area contributed by atoms with Crippen molar-refractivity contribution in [2.75, 3.05) is 116 Å². The molecule has 0 amide bonds. The van der Waals surface area contributed by atoms with Crippen molar-refractivity contribution in [3.05, 3.63) is 131 Å². The second-order valence-electron chi connectivity index (χ2n) is 19.1. The third-order valence-corrected chi connectivity index (χ3v) is 16.0.